The van der Waals surface area contributed by atoms with Crippen LogP contribution in [-0.2, 0) is 46.3 Å². The van der Waals surface area contributed by atoms with E-state index in [0.29, 0.717) is 44.1 Å². The summed E-state index contributed by atoms with van der Waals surface area (Å²) >= 11 is 1.87. The second-order valence-electron chi connectivity index (χ2n) is 19.1. The van der Waals surface area contributed by atoms with Crippen molar-refractivity contribution in [2.75, 3.05) is 50.5 Å². The van der Waals surface area contributed by atoms with E-state index in [1.165, 1.54) is 40.0 Å². The van der Waals surface area contributed by atoms with Gasteiger partial charge in [-0.3, -0.25) is 32.8 Å². The van der Waals surface area contributed by atoms with Gasteiger partial charge in [0.2, 0.25) is 17.7 Å². The number of rotatable bonds is 32. The number of imidazole rings is 1. The fraction of sp³-hybridized carbons (Fsp3) is 0.667. The molecule has 0 bridgehead atoms. The summed E-state index contributed by atoms with van der Waals surface area (Å²) in [6.07, 6.45) is 1.62. The zero-order chi connectivity index (χ0) is 56.0. The molecule has 7 rings (SSSR count). The molecule has 13 atom stereocenters. The fourth-order valence-corrected chi connectivity index (χ4v) is 12.8. The van der Waals surface area contributed by atoms with Crippen molar-refractivity contribution >= 4 is 74.0 Å². The number of phosphoric ester groups is 2. The number of aliphatic hydroxyl groups excluding tert-OH is 4. The number of fused-ring (bicyclic) bond motifs is 2. The molecular formula is C45H68N12O18P2S. The SMILES string of the molecule is NC(=O)c1ccc[n+]([C@H]2O[C@@H](COP(=O)([O-])OP(=O)(O)OC[C@H]3O[C@@H](n4cnc5c(NCC(=O)NCCCCCCNC(=O)CCCCCNC(=O)CCCC[C@@H]6SC[C@@H]7NC(=O)N[C@@H]76)ncnc54)C(O)[C@H]3O)[C@@H](O)C2O)c1. The molecule has 432 valence electrons. The quantitative estimate of drug-likeness (QED) is 0.0145. The maximum atomic E-state index is 12.7. The van der Waals surface area contributed by atoms with Crippen LogP contribution < -0.4 is 47.1 Å². The van der Waals surface area contributed by atoms with E-state index in [4.69, 9.17) is 19.7 Å². The van der Waals surface area contributed by atoms with Crippen LogP contribution in [0.15, 0.2) is 37.2 Å². The topological polar surface area (TPSA) is 436 Å². The highest BCUT2D eigenvalue weighted by atomic mass is 32.2. The largest absolute Gasteiger partial charge is 0.756 e. The van der Waals surface area contributed by atoms with Gasteiger partial charge in [-0.05, 0) is 44.6 Å². The zero-order valence-corrected chi connectivity index (χ0v) is 45.0. The number of phosphoric acid groups is 2. The maximum absolute atomic E-state index is 12.7. The summed E-state index contributed by atoms with van der Waals surface area (Å²) in [5.74, 6) is -0.00839. The lowest BCUT2D eigenvalue weighted by atomic mass is 10.0. The summed E-state index contributed by atoms with van der Waals surface area (Å²) in [5.41, 5.74) is 5.59. The van der Waals surface area contributed by atoms with Gasteiger partial charge in [-0.15, -0.1) is 0 Å². The van der Waals surface area contributed by atoms with Crippen molar-refractivity contribution in [2.45, 2.75) is 143 Å². The van der Waals surface area contributed by atoms with Crippen LogP contribution in [0, 0.1) is 0 Å². The minimum absolute atomic E-state index is 0.0100. The third kappa shape index (κ3) is 17.0. The lowest BCUT2D eigenvalue weighted by molar-refractivity contribution is -0.765. The molecular weight excluding hydrogens is 1090 g/mol. The van der Waals surface area contributed by atoms with Gasteiger partial charge < -0.3 is 81.8 Å². The minimum atomic E-state index is -5.70. The number of nitrogens with one attached hydrogen (secondary N) is 6. The number of nitrogens with two attached hydrogens (primary N) is 1. The number of hydrogen-bond donors (Lipinski definition) is 12. The molecule has 7 heterocycles. The van der Waals surface area contributed by atoms with Crippen LogP contribution in [0.25, 0.3) is 11.2 Å². The van der Waals surface area contributed by atoms with Crippen LogP contribution >= 0.6 is 27.4 Å². The summed E-state index contributed by atoms with van der Waals surface area (Å²) in [6, 6.07) is 3.10. The lowest BCUT2D eigenvalue weighted by Crippen LogP contribution is -2.46. The normalized spacial score (nSPS) is 27.1. The number of hydrogen-bond acceptors (Lipinski definition) is 22. The highest BCUT2D eigenvalue weighted by Gasteiger charge is 2.50. The highest BCUT2D eigenvalue weighted by Crippen LogP contribution is 2.58. The van der Waals surface area contributed by atoms with Crippen LogP contribution in [-0.4, -0.2) is 174 Å². The van der Waals surface area contributed by atoms with E-state index >= 15 is 0 Å². The Morgan fingerprint density at radius 2 is 1.47 bits per heavy atom. The van der Waals surface area contributed by atoms with Gasteiger partial charge in [-0.2, -0.15) is 16.3 Å². The standard InChI is InChI=1S/C45H68N12O18P2S/c46-40(65)26-11-10-18-56(20-26)43-38(63)36(61)28(73-43)21-71-76(67,68)75-77(69,70)72-22-29-37(62)39(64)44(74-29)57-25-53-35-41(51-24-52-42(35)57)50-19-33(60)49-17-8-2-1-7-15-47-31(58)13-4-3-9-16-48-32(59)14-6-5-12-30-34-27(23-78-30)54-45(66)55-34/h10-11,18,20,24-25,27-30,34,36-39,43-44,61-64H,1-9,12-17,19,21-23H2,(H9-,46,47,48,49,50,51,52,54,55,58,59,60,65,66,67,68,69,70)/t27-,28-,29+,30-,34-,36+,37-,38?,39?,43-,44+/m0/s1. The van der Waals surface area contributed by atoms with Crippen molar-refractivity contribution < 1.29 is 90.7 Å². The second kappa shape index (κ2) is 28.4. The van der Waals surface area contributed by atoms with Gasteiger partial charge in [0, 0.05) is 49.5 Å². The van der Waals surface area contributed by atoms with Gasteiger partial charge in [0.25, 0.3) is 20.0 Å². The number of carbonyl (C=O) groups excluding carboxylic acids is 5. The van der Waals surface area contributed by atoms with E-state index in [1.54, 1.807) is 0 Å². The molecule has 30 nitrogen and oxygen atoms in total. The molecule has 3 aromatic rings. The Balaban J connectivity index is 0.717. The third-order valence-corrected chi connectivity index (χ3v) is 17.4. The molecule has 4 saturated heterocycles. The highest BCUT2D eigenvalue weighted by molar-refractivity contribution is 8.00. The molecule has 4 unspecified atom stereocenters. The van der Waals surface area contributed by atoms with Crippen LogP contribution in [0.3, 0.4) is 0 Å². The van der Waals surface area contributed by atoms with Crippen LogP contribution in [0.1, 0.15) is 99.9 Å². The first-order valence-electron chi connectivity index (χ1n) is 25.7. The van der Waals surface area contributed by atoms with Gasteiger partial charge >= 0.3 is 13.9 Å². The molecule has 6 amide bonds. The lowest BCUT2D eigenvalue weighted by Gasteiger charge is -2.26. The van der Waals surface area contributed by atoms with Crippen molar-refractivity contribution in [3.8, 4) is 0 Å². The zero-order valence-electron chi connectivity index (χ0n) is 42.4. The first-order valence-corrected chi connectivity index (χ1v) is 29.7. The molecule has 4 aliphatic rings. The molecule has 78 heavy (non-hydrogen) atoms. The van der Waals surface area contributed by atoms with E-state index in [1.807, 2.05) is 11.8 Å². The van der Waals surface area contributed by atoms with Gasteiger partial charge in [0.15, 0.2) is 41.7 Å². The first kappa shape index (κ1) is 60.7. The summed E-state index contributed by atoms with van der Waals surface area (Å²) in [6.45, 7) is -0.605. The maximum Gasteiger partial charge on any atom is 0.478 e. The molecule has 3 aromatic heterocycles. The summed E-state index contributed by atoms with van der Waals surface area (Å²) < 4.78 is 52.6. The Hall–Kier alpha value is -4.98. The number of pyridine rings is 1. The fourth-order valence-electron chi connectivity index (χ4n) is 9.23. The van der Waals surface area contributed by atoms with Crippen molar-refractivity contribution in [2.24, 2.45) is 5.73 Å². The van der Waals surface area contributed by atoms with E-state index in [9.17, 15) is 63.3 Å². The molecule has 4 aliphatic heterocycles. The smallest absolute Gasteiger partial charge is 0.478 e. The molecule has 0 aromatic carbocycles. The number of aliphatic hydroxyl groups is 4. The van der Waals surface area contributed by atoms with Gasteiger partial charge in [-0.25, -0.2) is 28.6 Å². The van der Waals surface area contributed by atoms with Gasteiger partial charge in [-0.1, -0.05) is 25.7 Å². The van der Waals surface area contributed by atoms with Crippen LogP contribution in [0.5, 0.6) is 0 Å². The van der Waals surface area contributed by atoms with E-state index in [-0.39, 0.29) is 64.9 Å². The number of urea groups is 1. The average Bonchev–Trinajstić information content (AvgIpc) is 4.24. The number of carbonyl (C=O) groups is 5. The monoisotopic (exact) mass is 1160 g/mol. The van der Waals surface area contributed by atoms with Crippen molar-refractivity contribution in [3.05, 3.63) is 42.7 Å². The number of anilines is 1. The summed E-state index contributed by atoms with van der Waals surface area (Å²) in [4.78, 5) is 95.6. The van der Waals surface area contributed by atoms with Crippen molar-refractivity contribution in [3.63, 3.8) is 0 Å². The van der Waals surface area contributed by atoms with E-state index in [2.05, 4.69) is 55.7 Å². The number of amides is 6. The van der Waals surface area contributed by atoms with Gasteiger partial charge in [0.05, 0.1) is 38.2 Å². The number of primary amides is 1. The minimum Gasteiger partial charge on any atom is -0.756 e. The molecule has 33 heteroatoms. The Bertz CT molecular complexity index is 2650. The average molecular weight is 1160 g/mol. The van der Waals surface area contributed by atoms with Crippen LogP contribution in [0.2, 0.25) is 0 Å². The number of thioether (sulfide) groups is 1. The molecule has 0 aliphatic carbocycles. The predicted molar refractivity (Wildman–Crippen MR) is 271 cm³/mol. The Labute approximate surface area is 451 Å². The van der Waals surface area contributed by atoms with Gasteiger partial charge in [0.1, 0.15) is 42.4 Å². The van der Waals surface area contributed by atoms with Crippen LogP contribution in [0.4, 0.5) is 10.6 Å². The molecule has 0 spiro atoms. The molecule has 0 saturated carbocycles. The van der Waals surface area contributed by atoms with Crippen molar-refractivity contribution in [1.82, 2.24) is 46.1 Å². The van der Waals surface area contributed by atoms with E-state index < -0.39 is 83.8 Å². The van der Waals surface area contributed by atoms with Crippen molar-refractivity contribution in [1.29, 1.82) is 0 Å². The summed E-state index contributed by atoms with van der Waals surface area (Å²) in [5, 5.41) is 60.5. The Morgan fingerprint density at radius 1 is 0.833 bits per heavy atom. The molecule has 0 radical (unpaired) electrons. The van der Waals surface area contributed by atoms with E-state index in [0.717, 1.165) is 69.9 Å². The Morgan fingerprint density at radius 3 is 2.18 bits per heavy atom. The number of aromatic nitrogens is 5. The first-order chi connectivity index (χ1) is 37.3. The number of ether oxygens (including phenoxy) is 2. The molecule has 4 fully saturated rings. The second-order valence-corrected chi connectivity index (χ2v) is 23.4. The third-order valence-electron chi connectivity index (χ3n) is 13.4. The number of unbranched alkanes of at least 4 members (excludes halogenated alkanes) is 6. The summed E-state index contributed by atoms with van der Waals surface area (Å²) in [7, 11) is -11.2. The predicted octanol–water partition coefficient (Wildman–Crippen LogP) is -1.62. The number of nitrogens with zero attached hydrogens (tertiary/aromatic N) is 5. The Kier molecular flexibility index (Phi) is 22.1. The molecule has 13 N–H and O–H groups in total.